The molecule has 0 amide bonds. The maximum absolute atomic E-state index is 6.40. The lowest BCUT2D eigenvalue weighted by molar-refractivity contribution is 0.178. The molecule has 0 saturated carbocycles. The lowest BCUT2D eigenvalue weighted by atomic mass is 10.0. The summed E-state index contributed by atoms with van der Waals surface area (Å²) >= 11 is 3.61. The predicted molar refractivity (Wildman–Crippen MR) is 93.5 cm³/mol. The van der Waals surface area contributed by atoms with Crippen molar-refractivity contribution in [2.45, 2.75) is 38.3 Å². The number of halogens is 1. The molecule has 0 spiro atoms. The first kappa shape index (κ1) is 16.9. The summed E-state index contributed by atoms with van der Waals surface area (Å²) in [5.74, 6) is 0. The molecule has 1 aromatic rings. The highest BCUT2D eigenvalue weighted by Crippen LogP contribution is 2.24. The molecule has 2 rings (SSSR count). The van der Waals surface area contributed by atoms with Crippen molar-refractivity contribution < 1.29 is 0 Å². The van der Waals surface area contributed by atoms with Gasteiger partial charge in [0.2, 0.25) is 0 Å². The summed E-state index contributed by atoms with van der Waals surface area (Å²) in [4.78, 5) is 5.10. The summed E-state index contributed by atoms with van der Waals surface area (Å²) < 4.78 is 1.13. The van der Waals surface area contributed by atoms with E-state index in [1.54, 1.807) is 0 Å². The standard InChI is InChI=1S/C17H28BrN3/c1-3-14-13-20(2)10-6-11-21(14)12-9-17(19)15-7-4-5-8-16(15)18/h4-5,7-8,14,17H,3,6,9-13,19H2,1-2H3. The zero-order valence-electron chi connectivity index (χ0n) is 13.3. The van der Waals surface area contributed by atoms with Crippen molar-refractivity contribution in [3.63, 3.8) is 0 Å². The van der Waals surface area contributed by atoms with E-state index in [1.165, 1.54) is 38.0 Å². The minimum atomic E-state index is 0.110. The number of hydrogen-bond donors (Lipinski definition) is 1. The third kappa shape index (κ3) is 4.78. The molecule has 0 aromatic heterocycles. The fourth-order valence-corrected chi connectivity index (χ4v) is 3.79. The molecule has 118 valence electrons. The lowest BCUT2D eigenvalue weighted by Gasteiger charge is -2.31. The van der Waals surface area contributed by atoms with Gasteiger partial charge in [-0.25, -0.2) is 0 Å². The molecule has 1 aliphatic heterocycles. The van der Waals surface area contributed by atoms with Crippen LogP contribution in [0.5, 0.6) is 0 Å². The highest BCUT2D eigenvalue weighted by atomic mass is 79.9. The first-order chi connectivity index (χ1) is 10.1. The molecule has 0 bridgehead atoms. The van der Waals surface area contributed by atoms with Crippen LogP contribution in [0.2, 0.25) is 0 Å². The number of benzene rings is 1. The molecule has 1 aromatic carbocycles. The smallest absolute Gasteiger partial charge is 0.0318 e. The molecule has 1 saturated heterocycles. The van der Waals surface area contributed by atoms with Gasteiger partial charge in [-0.2, -0.15) is 0 Å². The second kappa shape index (κ2) is 8.28. The van der Waals surface area contributed by atoms with Crippen LogP contribution in [-0.4, -0.2) is 49.1 Å². The van der Waals surface area contributed by atoms with Crippen LogP contribution in [0.15, 0.2) is 28.7 Å². The minimum absolute atomic E-state index is 0.110. The van der Waals surface area contributed by atoms with Crippen LogP contribution in [0.4, 0.5) is 0 Å². The van der Waals surface area contributed by atoms with E-state index in [1.807, 2.05) is 6.07 Å². The van der Waals surface area contributed by atoms with Gasteiger partial charge >= 0.3 is 0 Å². The maximum atomic E-state index is 6.40. The van der Waals surface area contributed by atoms with Crippen LogP contribution in [0.1, 0.15) is 37.8 Å². The summed E-state index contributed by atoms with van der Waals surface area (Å²) in [5, 5.41) is 0. The second-order valence-corrected chi connectivity index (χ2v) is 6.98. The SMILES string of the molecule is CCC1CN(C)CCCN1CCC(N)c1ccccc1Br. The average Bonchev–Trinajstić information content (AvgIpc) is 2.66. The highest BCUT2D eigenvalue weighted by molar-refractivity contribution is 9.10. The summed E-state index contributed by atoms with van der Waals surface area (Å²) in [6.07, 6.45) is 3.49. The van der Waals surface area contributed by atoms with Crippen LogP contribution >= 0.6 is 15.9 Å². The summed E-state index contributed by atoms with van der Waals surface area (Å²) in [6, 6.07) is 9.09. The Balaban J connectivity index is 1.93. The van der Waals surface area contributed by atoms with Crippen LogP contribution < -0.4 is 5.73 Å². The first-order valence-corrected chi connectivity index (χ1v) is 8.83. The molecule has 2 N–H and O–H groups in total. The number of rotatable bonds is 5. The van der Waals surface area contributed by atoms with E-state index >= 15 is 0 Å². The number of nitrogens with zero attached hydrogens (tertiary/aromatic N) is 2. The number of likely N-dealkylation sites (N-methyl/N-ethyl adjacent to an activating group) is 1. The van der Waals surface area contributed by atoms with Gasteiger partial charge in [-0.1, -0.05) is 41.1 Å². The second-order valence-electron chi connectivity index (χ2n) is 6.13. The third-order valence-electron chi connectivity index (χ3n) is 4.53. The molecule has 3 nitrogen and oxygen atoms in total. The van der Waals surface area contributed by atoms with Gasteiger partial charge in [-0.3, -0.25) is 4.90 Å². The van der Waals surface area contributed by atoms with Gasteiger partial charge in [0.1, 0.15) is 0 Å². The topological polar surface area (TPSA) is 32.5 Å². The minimum Gasteiger partial charge on any atom is -0.324 e. The molecule has 4 heteroatoms. The van der Waals surface area contributed by atoms with Crippen LogP contribution in [-0.2, 0) is 0 Å². The fourth-order valence-electron chi connectivity index (χ4n) is 3.21. The highest BCUT2D eigenvalue weighted by Gasteiger charge is 2.22. The van der Waals surface area contributed by atoms with Gasteiger partial charge in [0, 0.05) is 29.6 Å². The van der Waals surface area contributed by atoms with Gasteiger partial charge in [0.15, 0.2) is 0 Å². The normalized spacial score (nSPS) is 23.0. The van der Waals surface area contributed by atoms with Crippen molar-refractivity contribution in [2.75, 3.05) is 33.2 Å². The van der Waals surface area contributed by atoms with Crippen molar-refractivity contribution in [2.24, 2.45) is 5.73 Å². The molecule has 1 aliphatic rings. The van der Waals surface area contributed by atoms with E-state index in [4.69, 9.17) is 5.73 Å². The van der Waals surface area contributed by atoms with Crippen molar-refractivity contribution in [1.82, 2.24) is 9.80 Å². The Morgan fingerprint density at radius 2 is 2.10 bits per heavy atom. The van der Waals surface area contributed by atoms with Gasteiger partial charge in [0.05, 0.1) is 0 Å². The third-order valence-corrected chi connectivity index (χ3v) is 5.25. The zero-order valence-corrected chi connectivity index (χ0v) is 14.8. The lowest BCUT2D eigenvalue weighted by Crippen LogP contribution is -2.41. The molecular weight excluding hydrogens is 326 g/mol. The molecule has 21 heavy (non-hydrogen) atoms. The van der Waals surface area contributed by atoms with Crippen LogP contribution in [0.25, 0.3) is 0 Å². The van der Waals surface area contributed by atoms with Crippen LogP contribution in [0, 0.1) is 0 Å². The predicted octanol–water partition coefficient (Wildman–Crippen LogP) is 3.26. The molecule has 0 aliphatic carbocycles. The van der Waals surface area contributed by atoms with Crippen molar-refractivity contribution in [3.8, 4) is 0 Å². The van der Waals surface area contributed by atoms with E-state index in [2.05, 4.69) is 57.9 Å². The Bertz CT molecular complexity index is 438. The Kier molecular flexibility index (Phi) is 6.68. The van der Waals surface area contributed by atoms with Crippen LogP contribution in [0.3, 0.4) is 0 Å². The van der Waals surface area contributed by atoms with E-state index in [0.29, 0.717) is 6.04 Å². The van der Waals surface area contributed by atoms with E-state index in [9.17, 15) is 0 Å². The number of hydrogen-bond acceptors (Lipinski definition) is 3. The summed E-state index contributed by atoms with van der Waals surface area (Å²) in [5.41, 5.74) is 7.62. The monoisotopic (exact) mass is 353 g/mol. The number of nitrogens with two attached hydrogens (primary N) is 1. The van der Waals surface area contributed by atoms with Gasteiger partial charge in [0.25, 0.3) is 0 Å². The average molecular weight is 354 g/mol. The summed E-state index contributed by atoms with van der Waals surface area (Å²) in [7, 11) is 2.24. The summed E-state index contributed by atoms with van der Waals surface area (Å²) in [6.45, 7) is 6.98. The zero-order chi connectivity index (χ0) is 15.2. The Morgan fingerprint density at radius 3 is 2.81 bits per heavy atom. The van der Waals surface area contributed by atoms with Gasteiger partial charge in [-0.15, -0.1) is 0 Å². The van der Waals surface area contributed by atoms with Crippen molar-refractivity contribution in [1.29, 1.82) is 0 Å². The molecule has 0 radical (unpaired) electrons. The maximum Gasteiger partial charge on any atom is 0.0318 e. The van der Waals surface area contributed by atoms with Gasteiger partial charge in [-0.05, 0) is 51.0 Å². The Labute approximate surface area is 137 Å². The Hall–Kier alpha value is -0.420. The molecule has 2 unspecified atom stereocenters. The molecule has 2 atom stereocenters. The largest absolute Gasteiger partial charge is 0.324 e. The molecule has 1 fully saturated rings. The van der Waals surface area contributed by atoms with Gasteiger partial charge < -0.3 is 10.6 Å². The molecule has 1 heterocycles. The molecular formula is C17H28BrN3. The first-order valence-electron chi connectivity index (χ1n) is 8.04. The Morgan fingerprint density at radius 1 is 1.33 bits per heavy atom. The van der Waals surface area contributed by atoms with E-state index in [0.717, 1.165) is 17.4 Å². The van der Waals surface area contributed by atoms with E-state index in [-0.39, 0.29) is 6.04 Å². The van der Waals surface area contributed by atoms with Crippen molar-refractivity contribution >= 4 is 15.9 Å². The fraction of sp³-hybridized carbons (Fsp3) is 0.647. The van der Waals surface area contributed by atoms with Crippen molar-refractivity contribution in [3.05, 3.63) is 34.3 Å². The van der Waals surface area contributed by atoms with E-state index < -0.39 is 0 Å². The quantitative estimate of drug-likeness (QED) is 0.881.